The predicted molar refractivity (Wildman–Crippen MR) is 155 cm³/mol. The van der Waals surface area contributed by atoms with Gasteiger partial charge in [-0.05, 0) is 67.9 Å². The number of Topliss-reactive ketones (excluding diaryl/α,β-unsaturated/α-hetero) is 2. The number of hydrogen-bond donors (Lipinski definition) is 1. The second-order valence-corrected chi connectivity index (χ2v) is 14.0. The van der Waals surface area contributed by atoms with Gasteiger partial charge in [0, 0.05) is 55.4 Å². The number of likely N-dealkylation sites (tertiary alicyclic amines) is 1. The van der Waals surface area contributed by atoms with Gasteiger partial charge in [-0.3, -0.25) is 14.5 Å². The molecule has 0 unspecified atom stereocenters. The number of hydrogen-bond acceptors (Lipinski definition) is 7. The smallest absolute Gasteiger partial charge is 0.194 e. The third-order valence-corrected chi connectivity index (χ3v) is 9.80. The Hall–Kier alpha value is -2.95. The van der Waals surface area contributed by atoms with Crippen LogP contribution in [0.2, 0.25) is 0 Å². The van der Waals surface area contributed by atoms with Gasteiger partial charge in [0.1, 0.15) is 23.2 Å². The van der Waals surface area contributed by atoms with E-state index in [1.807, 2.05) is 26.8 Å². The molecule has 1 saturated heterocycles. The van der Waals surface area contributed by atoms with E-state index >= 15 is 0 Å². The number of carbonyl (C=O) groups excluding carboxylic acids is 2. The molecule has 2 heterocycles. The van der Waals surface area contributed by atoms with Crippen LogP contribution in [0.15, 0.2) is 42.5 Å². The highest BCUT2D eigenvalue weighted by molar-refractivity contribution is 7.16. The molecular formula is C32H36F3N3O3S. The molecule has 1 saturated carbocycles. The van der Waals surface area contributed by atoms with Crippen molar-refractivity contribution in [3.05, 3.63) is 70.5 Å². The number of halogens is 3. The summed E-state index contributed by atoms with van der Waals surface area (Å²) >= 11 is 0.949. The molecule has 0 amide bonds. The van der Waals surface area contributed by atoms with Crippen LogP contribution >= 0.6 is 11.3 Å². The van der Waals surface area contributed by atoms with Crippen LogP contribution in [-0.2, 0) is 10.2 Å². The third kappa shape index (κ3) is 6.82. The molecule has 0 radical (unpaired) electrons. The summed E-state index contributed by atoms with van der Waals surface area (Å²) < 4.78 is 41.6. The minimum atomic E-state index is -0.783. The van der Waals surface area contributed by atoms with Crippen molar-refractivity contribution in [1.82, 2.24) is 15.1 Å². The summed E-state index contributed by atoms with van der Waals surface area (Å²) in [5.41, 5.74) is -1.04. The molecule has 0 atom stereocenters. The molecule has 6 nitrogen and oxygen atoms in total. The van der Waals surface area contributed by atoms with Gasteiger partial charge < -0.3 is 5.11 Å². The van der Waals surface area contributed by atoms with Crippen LogP contribution in [0.3, 0.4) is 0 Å². The molecule has 0 bridgehead atoms. The van der Waals surface area contributed by atoms with Gasteiger partial charge in [-0.2, -0.15) is 0 Å². The van der Waals surface area contributed by atoms with Crippen LogP contribution in [0, 0.1) is 22.9 Å². The maximum Gasteiger partial charge on any atom is 0.194 e. The second-order valence-electron chi connectivity index (χ2n) is 13.1. The number of aromatic nitrogens is 2. The Kier molecular flexibility index (Phi) is 8.44. The van der Waals surface area contributed by atoms with E-state index in [1.165, 1.54) is 18.2 Å². The summed E-state index contributed by atoms with van der Waals surface area (Å²) in [6.07, 6.45) is 3.58. The van der Waals surface area contributed by atoms with Crippen LogP contribution in [0.5, 0.6) is 0 Å². The van der Waals surface area contributed by atoms with E-state index in [2.05, 4.69) is 15.1 Å². The molecule has 1 aromatic heterocycles. The third-order valence-electron chi connectivity index (χ3n) is 8.80. The largest absolute Gasteiger partial charge is 0.390 e. The normalized spacial score (nSPS) is 22.5. The SMILES string of the molecule is CC1(O)CCC(N2CC(CC(=O)CC(C)(C)c3cccc(F)c3)(CC(=O)c3nnc(-c4ccc(F)cc4F)s3)C2)CC1. The maximum absolute atomic E-state index is 14.3. The van der Waals surface area contributed by atoms with Crippen molar-refractivity contribution in [2.75, 3.05) is 13.1 Å². The number of nitrogens with zero attached hydrogens (tertiary/aromatic N) is 3. The molecule has 0 spiro atoms. The molecule has 224 valence electrons. The van der Waals surface area contributed by atoms with Crippen molar-refractivity contribution in [3.8, 4) is 10.6 Å². The van der Waals surface area contributed by atoms with Crippen LogP contribution in [0.25, 0.3) is 10.6 Å². The van der Waals surface area contributed by atoms with Crippen molar-refractivity contribution in [1.29, 1.82) is 0 Å². The quantitative estimate of drug-likeness (QED) is 0.267. The minimum absolute atomic E-state index is 0.00498. The Morgan fingerprint density at radius 1 is 1.02 bits per heavy atom. The lowest BCUT2D eigenvalue weighted by atomic mass is 9.68. The summed E-state index contributed by atoms with van der Waals surface area (Å²) in [7, 11) is 0. The number of ketones is 2. The zero-order valence-electron chi connectivity index (χ0n) is 24.1. The van der Waals surface area contributed by atoms with Gasteiger partial charge >= 0.3 is 0 Å². The fourth-order valence-electron chi connectivity index (χ4n) is 6.46. The van der Waals surface area contributed by atoms with Crippen molar-refractivity contribution in [3.63, 3.8) is 0 Å². The molecule has 2 fully saturated rings. The Labute approximate surface area is 248 Å². The molecule has 1 aliphatic heterocycles. The van der Waals surface area contributed by atoms with E-state index in [9.17, 15) is 27.9 Å². The van der Waals surface area contributed by atoms with E-state index in [0.717, 1.165) is 41.9 Å². The first-order chi connectivity index (χ1) is 19.7. The highest BCUT2D eigenvalue weighted by atomic mass is 32.1. The topological polar surface area (TPSA) is 83.4 Å². The standard InChI is InChI=1S/C32H36F3N3O3S/c1-30(2,20-5-4-6-21(33)13-20)15-24(39)16-32(18-38(19-32)23-9-11-31(3,41)12-10-23)17-27(40)29-37-36-28(42-29)25-8-7-22(34)14-26(25)35/h4-8,13-14,23,41H,9-12,15-19H2,1-3H3. The van der Waals surface area contributed by atoms with Crippen LogP contribution < -0.4 is 0 Å². The van der Waals surface area contributed by atoms with Gasteiger partial charge in [0.25, 0.3) is 0 Å². The van der Waals surface area contributed by atoms with Crippen molar-refractivity contribution in [2.24, 2.45) is 5.41 Å². The monoisotopic (exact) mass is 599 g/mol. The highest BCUT2D eigenvalue weighted by Gasteiger charge is 2.49. The van der Waals surface area contributed by atoms with E-state index in [1.54, 1.807) is 6.07 Å². The Bertz CT molecular complexity index is 1470. The summed E-state index contributed by atoms with van der Waals surface area (Å²) in [6, 6.07) is 9.71. The lowest BCUT2D eigenvalue weighted by molar-refractivity contribution is -0.128. The van der Waals surface area contributed by atoms with E-state index < -0.39 is 28.1 Å². The summed E-state index contributed by atoms with van der Waals surface area (Å²) in [5, 5.41) is 18.7. The average Bonchev–Trinajstić information content (AvgIpc) is 3.37. The minimum Gasteiger partial charge on any atom is -0.390 e. The lowest BCUT2D eigenvalue weighted by Crippen LogP contribution is -2.62. The molecule has 1 N–H and O–H groups in total. The number of carbonyl (C=O) groups is 2. The van der Waals surface area contributed by atoms with Crippen molar-refractivity contribution < 1.29 is 27.9 Å². The number of aliphatic hydroxyl groups is 1. The van der Waals surface area contributed by atoms with Gasteiger partial charge in [0.05, 0.1) is 5.60 Å². The Morgan fingerprint density at radius 2 is 1.71 bits per heavy atom. The summed E-state index contributed by atoms with van der Waals surface area (Å²) in [4.78, 5) is 29.3. The van der Waals surface area contributed by atoms with Crippen molar-refractivity contribution >= 4 is 22.9 Å². The summed E-state index contributed by atoms with van der Waals surface area (Å²) in [5.74, 6) is -2.12. The Morgan fingerprint density at radius 3 is 2.38 bits per heavy atom. The maximum atomic E-state index is 14.3. The fourth-order valence-corrected chi connectivity index (χ4v) is 7.27. The van der Waals surface area contributed by atoms with Gasteiger partial charge in [0.15, 0.2) is 15.8 Å². The lowest BCUT2D eigenvalue weighted by Gasteiger charge is -2.54. The van der Waals surface area contributed by atoms with Gasteiger partial charge in [0.2, 0.25) is 0 Å². The molecule has 10 heteroatoms. The zero-order chi connectivity index (χ0) is 30.3. The first-order valence-electron chi connectivity index (χ1n) is 14.3. The first-order valence-corrected chi connectivity index (χ1v) is 15.1. The molecule has 42 heavy (non-hydrogen) atoms. The van der Waals surface area contributed by atoms with Crippen LogP contribution in [-0.4, -0.2) is 56.5 Å². The van der Waals surface area contributed by atoms with Crippen LogP contribution in [0.1, 0.15) is 81.1 Å². The molecular weight excluding hydrogens is 563 g/mol. The Balaban J connectivity index is 1.31. The average molecular weight is 600 g/mol. The number of benzene rings is 2. The van der Waals surface area contributed by atoms with Gasteiger partial charge in [-0.1, -0.05) is 37.3 Å². The fraction of sp³-hybridized carbons (Fsp3) is 0.500. The van der Waals surface area contributed by atoms with Crippen molar-refractivity contribution in [2.45, 2.75) is 82.8 Å². The molecule has 2 aliphatic rings. The second kappa shape index (κ2) is 11.6. The molecule has 1 aliphatic carbocycles. The summed E-state index contributed by atoms with van der Waals surface area (Å²) in [6.45, 7) is 6.81. The van der Waals surface area contributed by atoms with Gasteiger partial charge in [-0.15, -0.1) is 10.2 Å². The first kappa shape index (κ1) is 30.5. The zero-order valence-corrected chi connectivity index (χ0v) is 24.9. The van der Waals surface area contributed by atoms with E-state index in [-0.39, 0.29) is 58.3 Å². The van der Waals surface area contributed by atoms with Crippen LogP contribution in [0.4, 0.5) is 13.2 Å². The predicted octanol–water partition coefficient (Wildman–Crippen LogP) is 6.52. The molecule has 2 aromatic carbocycles. The highest BCUT2D eigenvalue weighted by Crippen LogP contribution is 2.44. The van der Waals surface area contributed by atoms with E-state index in [0.29, 0.717) is 25.9 Å². The molecule has 3 aromatic rings. The molecule has 5 rings (SSSR count). The van der Waals surface area contributed by atoms with E-state index in [4.69, 9.17) is 0 Å². The van der Waals surface area contributed by atoms with Gasteiger partial charge in [-0.25, -0.2) is 13.2 Å². The number of rotatable bonds is 10.